The Morgan fingerprint density at radius 3 is 2.30 bits per heavy atom. The lowest BCUT2D eigenvalue weighted by Crippen LogP contribution is -2.51. The molecule has 1 aromatic rings. The number of carbonyl (C=O) groups is 3. The molecule has 0 aliphatic rings. The van der Waals surface area contributed by atoms with Crippen molar-refractivity contribution < 1.29 is 19.1 Å². The van der Waals surface area contributed by atoms with Crippen molar-refractivity contribution in [3.63, 3.8) is 0 Å². The van der Waals surface area contributed by atoms with Crippen LogP contribution in [0.2, 0.25) is 0 Å². The van der Waals surface area contributed by atoms with Gasteiger partial charge in [-0.15, -0.1) is 0 Å². The molecule has 0 heterocycles. The van der Waals surface area contributed by atoms with E-state index in [-0.39, 0.29) is 5.91 Å². The van der Waals surface area contributed by atoms with Crippen molar-refractivity contribution in [2.75, 3.05) is 11.9 Å². The van der Waals surface area contributed by atoms with Gasteiger partial charge in [0.25, 0.3) is 0 Å². The van der Waals surface area contributed by atoms with Crippen LogP contribution in [0.4, 0.5) is 10.5 Å². The van der Waals surface area contributed by atoms with Gasteiger partial charge in [0.15, 0.2) is 0 Å². The van der Waals surface area contributed by atoms with E-state index in [1.54, 1.807) is 33.8 Å². The van der Waals surface area contributed by atoms with Crippen LogP contribution in [0.5, 0.6) is 0 Å². The highest BCUT2D eigenvalue weighted by Crippen LogP contribution is 2.11. The van der Waals surface area contributed by atoms with Crippen molar-refractivity contribution >= 4 is 23.6 Å². The molecule has 0 spiro atoms. The van der Waals surface area contributed by atoms with Gasteiger partial charge >= 0.3 is 6.09 Å². The zero-order valence-corrected chi connectivity index (χ0v) is 16.6. The Balaban J connectivity index is 2.55. The molecule has 0 saturated heterocycles. The molecule has 0 saturated carbocycles. The SMILES string of the molecule is C[C@H](NC(=O)OC(C)(C)C)C(=O)N[C@@H](C)C(=O)Nc1cccc(CCN)c1. The summed E-state index contributed by atoms with van der Waals surface area (Å²) in [6, 6.07) is 5.74. The Kier molecular flexibility index (Phi) is 8.24. The summed E-state index contributed by atoms with van der Waals surface area (Å²) in [6.45, 7) is 8.79. The average molecular weight is 378 g/mol. The lowest BCUT2D eigenvalue weighted by molar-refractivity contribution is -0.127. The van der Waals surface area contributed by atoms with E-state index in [0.29, 0.717) is 18.7 Å². The first-order valence-corrected chi connectivity index (χ1v) is 8.91. The summed E-state index contributed by atoms with van der Waals surface area (Å²) in [5.74, 6) is -0.849. The minimum absolute atomic E-state index is 0.363. The van der Waals surface area contributed by atoms with Gasteiger partial charge in [-0.1, -0.05) is 12.1 Å². The van der Waals surface area contributed by atoms with E-state index < -0.39 is 29.7 Å². The van der Waals surface area contributed by atoms with Crippen LogP contribution in [0, 0.1) is 0 Å². The topological polar surface area (TPSA) is 123 Å². The third-order valence-electron chi connectivity index (χ3n) is 3.51. The first-order valence-electron chi connectivity index (χ1n) is 8.91. The molecule has 0 aliphatic carbocycles. The number of alkyl carbamates (subject to hydrolysis) is 1. The maximum absolute atomic E-state index is 12.3. The molecule has 1 aromatic carbocycles. The Labute approximate surface area is 160 Å². The van der Waals surface area contributed by atoms with E-state index in [4.69, 9.17) is 10.5 Å². The van der Waals surface area contributed by atoms with E-state index in [0.717, 1.165) is 5.56 Å². The molecule has 3 amide bonds. The van der Waals surface area contributed by atoms with Crippen LogP contribution < -0.4 is 21.7 Å². The number of nitrogens with one attached hydrogen (secondary N) is 3. The lowest BCUT2D eigenvalue weighted by atomic mass is 10.1. The zero-order chi connectivity index (χ0) is 20.6. The molecule has 0 radical (unpaired) electrons. The van der Waals surface area contributed by atoms with Crippen molar-refractivity contribution in [2.45, 2.75) is 58.7 Å². The molecule has 2 atom stereocenters. The molecular weight excluding hydrogens is 348 g/mol. The molecule has 0 unspecified atom stereocenters. The molecule has 150 valence electrons. The van der Waals surface area contributed by atoms with Crippen molar-refractivity contribution in [1.29, 1.82) is 0 Å². The Bertz CT molecular complexity index is 670. The van der Waals surface area contributed by atoms with E-state index in [1.807, 2.05) is 18.2 Å². The molecule has 8 heteroatoms. The summed E-state index contributed by atoms with van der Waals surface area (Å²) >= 11 is 0. The van der Waals surface area contributed by atoms with Crippen LogP contribution in [-0.2, 0) is 20.7 Å². The van der Waals surface area contributed by atoms with Gasteiger partial charge in [0, 0.05) is 5.69 Å². The Morgan fingerprint density at radius 1 is 1.07 bits per heavy atom. The molecule has 8 nitrogen and oxygen atoms in total. The molecule has 5 N–H and O–H groups in total. The molecule has 27 heavy (non-hydrogen) atoms. The summed E-state index contributed by atoms with van der Waals surface area (Å²) in [6.07, 6.45) is 0.0168. The predicted molar refractivity (Wildman–Crippen MR) is 104 cm³/mol. The normalized spacial score (nSPS) is 13.3. The number of hydrogen-bond donors (Lipinski definition) is 4. The van der Waals surface area contributed by atoms with E-state index in [9.17, 15) is 14.4 Å². The number of benzene rings is 1. The van der Waals surface area contributed by atoms with E-state index >= 15 is 0 Å². The molecule has 0 aromatic heterocycles. The smallest absolute Gasteiger partial charge is 0.408 e. The van der Waals surface area contributed by atoms with Crippen molar-refractivity contribution in [1.82, 2.24) is 10.6 Å². The van der Waals surface area contributed by atoms with Crippen LogP contribution >= 0.6 is 0 Å². The summed E-state index contributed by atoms with van der Waals surface area (Å²) in [5, 5.41) is 7.75. The summed E-state index contributed by atoms with van der Waals surface area (Å²) in [7, 11) is 0. The lowest BCUT2D eigenvalue weighted by Gasteiger charge is -2.22. The number of amides is 3. The van der Waals surface area contributed by atoms with E-state index in [1.165, 1.54) is 6.92 Å². The fourth-order valence-corrected chi connectivity index (χ4v) is 2.18. The quantitative estimate of drug-likeness (QED) is 0.573. The van der Waals surface area contributed by atoms with Crippen LogP contribution in [-0.4, -0.2) is 42.1 Å². The largest absolute Gasteiger partial charge is 0.444 e. The van der Waals surface area contributed by atoms with Gasteiger partial charge in [0.2, 0.25) is 11.8 Å². The predicted octanol–water partition coefficient (Wildman–Crippen LogP) is 1.54. The Hall–Kier alpha value is -2.61. The van der Waals surface area contributed by atoms with Crippen LogP contribution in [0.3, 0.4) is 0 Å². The van der Waals surface area contributed by atoms with Crippen molar-refractivity contribution in [3.8, 4) is 0 Å². The van der Waals surface area contributed by atoms with Gasteiger partial charge in [-0.05, 0) is 65.3 Å². The van der Waals surface area contributed by atoms with E-state index in [2.05, 4.69) is 16.0 Å². The second-order valence-electron chi connectivity index (χ2n) is 7.33. The number of anilines is 1. The number of ether oxygens (including phenoxy) is 1. The molecule has 0 aliphatic heterocycles. The van der Waals surface area contributed by atoms with Crippen LogP contribution in [0.25, 0.3) is 0 Å². The maximum atomic E-state index is 12.3. The number of nitrogens with two attached hydrogens (primary N) is 1. The maximum Gasteiger partial charge on any atom is 0.408 e. The molecule has 0 fully saturated rings. The first kappa shape index (κ1) is 22.4. The highest BCUT2D eigenvalue weighted by atomic mass is 16.6. The fourth-order valence-electron chi connectivity index (χ4n) is 2.18. The van der Waals surface area contributed by atoms with Gasteiger partial charge in [0.05, 0.1) is 0 Å². The molecular formula is C19H30N4O4. The third-order valence-corrected chi connectivity index (χ3v) is 3.51. The van der Waals surface area contributed by atoms with Gasteiger partial charge < -0.3 is 26.4 Å². The average Bonchev–Trinajstić information content (AvgIpc) is 2.53. The third kappa shape index (κ3) is 8.54. The van der Waals surface area contributed by atoms with Crippen LogP contribution in [0.15, 0.2) is 24.3 Å². The summed E-state index contributed by atoms with van der Waals surface area (Å²) in [5.41, 5.74) is 6.52. The standard InChI is InChI=1S/C19H30N4O4/c1-12(17(25)23-15-8-6-7-14(11-15)9-10-20)21-16(24)13(2)22-18(26)27-19(3,4)5/h6-8,11-13H,9-10,20H2,1-5H3,(H,21,24)(H,22,26)(H,23,25)/t12-,13-/m0/s1. The van der Waals surface area contributed by atoms with Crippen molar-refractivity contribution in [3.05, 3.63) is 29.8 Å². The highest BCUT2D eigenvalue weighted by molar-refractivity contribution is 5.97. The van der Waals surface area contributed by atoms with Gasteiger partial charge in [0.1, 0.15) is 17.7 Å². The highest BCUT2D eigenvalue weighted by Gasteiger charge is 2.23. The monoisotopic (exact) mass is 378 g/mol. The second-order valence-corrected chi connectivity index (χ2v) is 7.33. The number of rotatable bonds is 7. The fraction of sp³-hybridized carbons (Fsp3) is 0.526. The zero-order valence-electron chi connectivity index (χ0n) is 16.6. The number of hydrogen-bond acceptors (Lipinski definition) is 5. The van der Waals surface area contributed by atoms with Gasteiger partial charge in [-0.25, -0.2) is 4.79 Å². The van der Waals surface area contributed by atoms with Gasteiger partial charge in [-0.2, -0.15) is 0 Å². The Morgan fingerprint density at radius 2 is 1.70 bits per heavy atom. The minimum atomic E-state index is -0.844. The van der Waals surface area contributed by atoms with Crippen molar-refractivity contribution in [2.24, 2.45) is 5.73 Å². The molecule has 1 rings (SSSR count). The number of carbonyl (C=O) groups excluding carboxylic acids is 3. The van der Waals surface area contributed by atoms with Gasteiger partial charge in [-0.3, -0.25) is 9.59 Å². The first-order chi connectivity index (χ1) is 12.5. The summed E-state index contributed by atoms with van der Waals surface area (Å²) in [4.78, 5) is 36.2. The summed E-state index contributed by atoms with van der Waals surface area (Å²) < 4.78 is 5.10. The van der Waals surface area contributed by atoms with Crippen LogP contribution in [0.1, 0.15) is 40.2 Å². The second kappa shape index (κ2) is 9.91. The minimum Gasteiger partial charge on any atom is -0.444 e. The molecule has 0 bridgehead atoms.